The van der Waals surface area contributed by atoms with Crippen LogP contribution in [0.25, 0.3) is 22.6 Å². The molecule has 1 N–H and O–H groups in total. The van der Waals surface area contributed by atoms with E-state index in [-0.39, 0.29) is 5.15 Å². The third kappa shape index (κ3) is 1.47. The molecule has 0 atom stereocenters. The van der Waals surface area contributed by atoms with Gasteiger partial charge in [0.25, 0.3) is 0 Å². The van der Waals surface area contributed by atoms with E-state index in [2.05, 4.69) is 15.0 Å². The van der Waals surface area contributed by atoms with Gasteiger partial charge in [-0.15, -0.1) is 0 Å². The van der Waals surface area contributed by atoms with Gasteiger partial charge < -0.3 is 9.40 Å². The average molecular weight is 254 g/mol. The molecule has 3 aromatic heterocycles. The van der Waals surface area contributed by atoms with Crippen LogP contribution < -0.4 is 0 Å². The Balaban J connectivity index is 2.23. The summed E-state index contributed by atoms with van der Waals surface area (Å²) in [7, 11) is 0. The SMILES string of the molecule is Clc1cc2[nH]c(-c3ccoc3)nc2nc1Cl. The molecule has 0 aliphatic carbocycles. The number of imidazole rings is 1. The van der Waals surface area contributed by atoms with Crippen molar-refractivity contribution < 1.29 is 4.42 Å². The number of H-pyrrole nitrogens is 1. The molecular weight excluding hydrogens is 249 g/mol. The molecule has 0 aliphatic rings. The number of aromatic amines is 1. The van der Waals surface area contributed by atoms with Crippen LogP contribution in [0.3, 0.4) is 0 Å². The highest BCUT2D eigenvalue weighted by atomic mass is 35.5. The van der Waals surface area contributed by atoms with Gasteiger partial charge in [0, 0.05) is 0 Å². The summed E-state index contributed by atoms with van der Waals surface area (Å²) in [6.07, 6.45) is 3.18. The Morgan fingerprint density at radius 1 is 1.25 bits per heavy atom. The van der Waals surface area contributed by atoms with Crippen molar-refractivity contribution in [1.29, 1.82) is 0 Å². The quantitative estimate of drug-likeness (QED) is 0.676. The van der Waals surface area contributed by atoms with Crippen LogP contribution >= 0.6 is 23.2 Å². The Morgan fingerprint density at radius 3 is 2.88 bits per heavy atom. The molecule has 0 saturated heterocycles. The fourth-order valence-corrected chi connectivity index (χ4v) is 1.72. The molecule has 0 aliphatic heterocycles. The molecule has 0 radical (unpaired) electrons. The maximum absolute atomic E-state index is 5.86. The summed E-state index contributed by atoms with van der Waals surface area (Å²) in [5.41, 5.74) is 2.13. The number of hydrogen-bond donors (Lipinski definition) is 1. The Kier molecular flexibility index (Phi) is 2.12. The number of hydrogen-bond acceptors (Lipinski definition) is 3. The zero-order valence-corrected chi connectivity index (χ0v) is 9.38. The van der Waals surface area contributed by atoms with Gasteiger partial charge in [-0.3, -0.25) is 0 Å². The van der Waals surface area contributed by atoms with Crippen LogP contribution in [-0.4, -0.2) is 15.0 Å². The van der Waals surface area contributed by atoms with Crippen molar-refractivity contribution in [2.24, 2.45) is 0 Å². The van der Waals surface area contributed by atoms with Gasteiger partial charge in [-0.25, -0.2) is 9.97 Å². The van der Waals surface area contributed by atoms with Gasteiger partial charge in [0.1, 0.15) is 17.2 Å². The number of fused-ring (bicyclic) bond motifs is 1. The van der Waals surface area contributed by atoms with Crippen LogP contribution in [0.15, 0.2) is 29.1 Å². The van der Waals surface area contributed by atoms with Crippen LogP contribution in [-0.2, 0) is 0 Å². The number of halogens is 2. The number of furan rings is 1. The first kappa shape index (κ1) is 9.69. The van der Waals surface area contributed by atoms with Crippen LogP contribution in [0.1, 0.15) is 0 Å². The molecule has 3 heterocycles. The maximum Gasteiger partial charge on any atom is 0.179 e. The third-order valence-corrected chi connectivity index (χ3v) is 2.85. The molecule has 0 unspecified atom stereocenters. The summed E-state index contributed by atoms with van der Waals surface area (Å²) in [5.74, 6) is 0.676. The van der Waals surface area contributed by atoms with Gasteiger partial charge >= 0.3 is 0 Å². The molecule has 4 nitrogen and oxygen atoms in total. The smallest absolute Gasteiger partial charge is 0.179 e. The molecule has 80 valence electrons. The molecular formula is C10H5Cl2N3O. The lowest BCUT2D eigenvalue weighted by molar-refractivity contribution is 0.568. The van der Waals surface area contributed by atoms with Crippen molar-refractivity contribution in [3.63, 3.8) is 0 Å². The molecule has 0 spiro atoms. The molecule has 0 aromatic carbocycles. The van der Waals surface area contributed by atoms with Crippen molar-refractivity contribution in [3.8, 4) is 11.4 Å². The molecule has 3 aromatic rings. The van der Waals surface area contributed by atoms with Gasteiger partial charge in [-0.2, -0.15) is 0 Å². The number of nitrogens with zero attached hydrogens (tertiary/aromatic N) is 2. The molecule has 6 heteroatoms. The molecule has 3 rings (SSSR count). The van der Waals surface area contributed by atoms with E-state index in [1.165, 1.54) is 0 Å². The molecule has 0 amide bonds. The van der Waals surface area contributed by atoms with E-state index in [0.717, 1.165) is 11.1 Å². The van der Waals surface area contributed by atoms with Crippen molar-refractivity contribution in [2.75, 3.05) is 0 Å². The van der Waals surface area contributed by atoms with E-state index < -0.39 is 0 Å². The fourth-order valence-electron chi connectivity index (χ4n) is 1.43. The summed E-state index contributed by atoms with van der Waals surface area (Å²) in [6.45, 7) is 0. The lowest BCUT2D eigenvalue weighted by atomic mass is 10.3. The minimum Gasteiger partial charge on any atom is -0.472 e. The van der Waals surface area contributed by atoms with Gasteiger partial charge in [0.05, 0.1) is 22.4 Å². The second-order valence-corrected chi connectivity index (χ2v) is 3.99. The summed E-state index contributed by atoms with van der Waals surface area (Å²) < 4.78 is 4.98. The van der Waals surface area contributed by atoms with Crippen molar-refractivity contribution in [2.45, 2.75) is 0 Å². The minimum atomic E-state index is 0.249. The van der Waals surface area contributed by atoms with E-state index in [1.807, 2.05) is 0 Å². The number of aromatic nitrogens is 3. The van der Waals surface area contributed by atoms with Gasteiger partial charge in [-0.1, -0.05) is 23.2 Å². The monoisotopic (exact) mass is 253 g/mol. The topological polar surface area (TPSA) is 54.7 Å². The molecule has 0 bridgehead atoms. The van der Waals surface area contributed by atoms with Crippen molar-refractivity contribution >= 4 is 34.4 Å². The molecule has 0 saturated carbocycles. The second kappa shape index (κ2) is 3.50. The average Bonchev–Trinajstić information content (AvgIpc) is 2.86. The molecule has 16 heavy (non-hydrogen) atoms. The molecule has 0 fully saturated rings. The lowest BCUT2D eigenvalue weighted by Gasteiger charge is -1.92. The van der Waals surface area contributed by atoms with E-state index in [1.54, 1.807) is 24.7 Å². The largest absolute Gasteiger partial charge is 0.472 e. The zero-order valence-electron chi connectivity index (χ0n) is 7.87. The van der Waals surface area contributed by atoms with Crippen LogP contribution in [0, 0.1) is 0 Å². The van der Waals surface area contributed by atoms with Crippen molar-refractivity contribution in [3.05, 3.63) is 34.8 Å². The normalized spacial score (nSPS) is 11.1. The fraction of sp³-hybridized carbons (Fsp3) is 0. The van der Waals surface area contributed by atoms with Crippen LogP contribution in [0.4, 0.5) is 0 Å². The van der Waals surface area contributed by atoms with E-state index in [0.29, 0.717) is 16.5 Å². The van der Waals surface area contributed by atoms with Gasteiger partial charge in [0.15, 0.2) is 5.65 Å². The predicted molar refractivity (Wildman–Crippen MR) is 61.6 cm³/mol. The predicted octanol–water partition coefficient (Wildman–Crippen LogP) is 3.52. The Labute approximate surface area is 100 Å². The first-order chi connectivity index (χ1) is 7.74. The van der Waals surface area contributed by atoms with E-state index >= 15 is 0 Å². The minimum absolute atomic E-state index is 0.249. The van der Waals surface area contributed by atoms with Gasteiger partial charge in [-0.05, 0) is 12.1 Å². The van der Waals surface area contributed by atoms with Crippen LogP contribution in [0.5, 0.6) is 0 Å². The highest BCUT2D eigenvalue weighted by Crippen LogP contribution is 2.25. The first-order valence-electron chi connectivity index (χ1n) is 4.48. The number of nitrogens with one attached hydrogen (secondary N) is 1. The number of pyridine rings is 1. The first-order valence-corrected chi connectivity index (χ1v) is 5.24. The second-order valence-electron chi connectivity index (χ2n) is 3.23. The summed E-state index contributed by atoms with van der Waals surface area (Å²) in [5, 5.41) is 0.649. The van der Waals surface area contributed by atoms with Gasteiger partial charge in [0.2, 0.25) is 0 Å². The Hall–Kier alpha value is -1.52. The Bertz CT molecular complexity index is 606. The van der Waals surface area contributed by atoms with E-state index in [9.17, 15) is 0 Å². The van der Waals surface area contributed by atoms with Crippen LogP contribution in [0.2, 0.25) is 10.2 Å². The lowest BCUT2D eigenvalue weighted by Crippen LogP contribution is -1.79. The Morgan fingerprint density at radius 2 is 2.12 bits per heavy atom. The highest BCUT2D eigenvalue weighted by molar-refractivity contribution is 6.41. The summed E-state index contributed by atoms with van der Waals surface area (Å²) in [6, 6.07) is 3.50. The third-order valence-electron chi connectivity index (χ3n) is 2.18. The maximum atomic E-state index is 5.86. The van der Waals surface area contributed by atoms with Crippen molar-refractivity contribution in [1.82, 2.24) is 15.0 Å². The standard InChI is InChI=1S/C10H5Cl2N3O/c11-6-3-7-10(14-8(6)12)15-9(13-7)5-1-2-16-4-5/h1-4H,(H,13,14,15). The highest BCUT2D eigenvalue weighted by Gasteiger charge is 2.09. The summed E-state index contributed by atoms with van der Waals surface area (Å²) in [4.78, 5) is 11.4. The van der Waals surface area contributed by atoms with E-state index in [4.69, 9.17) is 27.6 Å². The zero-order chi connectivity index (χ0) is 11.1. The number of rotatable bonds is 1. The summed E-state index contributed by atoms with van der Waals surface area (Å²) >= 11 is 11.7.